The maximum Gasteiger partial charge on any atom is 0.188 e. The summed E-state index contributed by atoms with van der Waals surface area (Å²) in [6.07, 6.45) is 0. The van der Waals surface area contributed by atoms with Crippen LogP contribution in [0.5, 0.6) is 0 Å². The first kappa shape index (κ1) is 11.4. The molecular weight excluding hydrogens is 208 g/mol. The molecule has 1 N–H and O–H groups in total. The Bertz CT molecular complexity index is 320. The second-order valence-electron chi connectivity index (χ2n) is 4.04. The van der Waals surface area contributed by atoms with E-state index < -0.39 is 0 Å². The average Bonchev–Trinajstić information content (AvgIpc) is 2.67. The van der Waals surface area contributed by atoms with Crippen LogP contribution < -0.4 is 0 Å². The molecule has 16 heavy (non-hydrogen) atoms. The van der Waals surface area contributed by atoms with E-state index in [1.165, 1.54) is 4.80 Å². The van der Waals surface area contributed by atoms with Crippen molar-refractivity contribution in [1.82, 2.24) is 30.0 Å². The van der Waals surface area contributed by atoms with Gasteiger partial charge in [-0.25, -0.2) is 0 Å². The monoisotopic (exact) mass is 226 g/mol. The lowest BCUT2D eigenvalue weighted by Gasteiger charge is -2.33. The number of β-amino-alcohol motifs (C(OH)–C–C–N with tert-alkyl or cyclic N) is 1. The van der Waals surface area contributed by atoms with Gasteiger partial charge >= 0.3 is 0 Å². The van der Waals surface area contributed by atoms with Crippen LogP contribution in [0.1, 0.15) is 5.82 Å². The summed E-state index contributed by atoms with van der Waals surface area (Å²) in [4.78, 5) is 6.06. The van der Waals surface area contributed by atoms with Crippen LogP contribution in [-0.4, -0.2) is 74.4 Å². The molecule has 0 saturated carbocycles. The summed E-state index contributed by atoms with van der Waals surface area (Å²) >= 11 is 0. The summed E-state index contributed by atoms with van der Waals surface area (Å²) in [7, 11) is 1.77. The van der Waals surface area contributed by atoms with Crippen LogP contribution in [0.25, 0.3) is 0 Å². The average molecular weight is 226 g/mol. The summed E-state index contributed by atoms with van der Waals surface area (Å²) in [6.45, 7) is 5.78. The Morgan fingerprint density at radius 3 is 2.44 bits per heavy atom. The van der Waals surface area contributed by atoms with Crippen molar-refractivity contribution in [2.75, 3.05) is 39.3 Å². The highest BCUT2D eigenvalue weighted by Gasteiger charge is 2.17. The zero-order valence-corrected chi connectivity index (χ0v) is 9.58. The molecule has 0 amide bonds. The fraction of sp³-hybridized carbons (Fsp3) is 0.889. The minimum atomic E-state index is 0.242. The SMILES string of the molecule is Cn1nnc(CN2CCN(CCO)CC2)n1. The minimum Gasteiger partial charge on any atom is -0.395 e. The molecule has 1 aliphatic rings. The van der Waals surface area contributed by atoms with Gasteiger partial charge in [0.25, 0.3) is 0 Å². The summed E-state index contributed by atoms with van der Waals surface area (Å²) in [5.74, 6) is 0.776. The number of piperazine rings is 1. The van der Waals surface area contributed by atoms with E-state index in [4.69, 9.17) is 5.11 Å². The van der Waals surface area contributed by atoms with Crippen LogP contribution in [0.3, 0.4) is 0 Å². The first-order valence-corrected chi connectivity index (χ1v) is 5.56. The topological polar surface area (TPSA) is 70.3 Å². The number of rotatable bonds is 4. The van der Waals surface area contributed by atoms with Gasteiger partial charge in [0.05, 0.1) is 20.2 Å². The third-order valence-electron chi connectivity index (χ3n) is 2.80. The molecule has 0 aliphatic carbocycles. The fourth-order valence-electron chi connectivity index (χ4n) is 1.90. The van der Waals surface area contributed by atoms with Crippen molar-refractivity contribution in [3.63, 3.8) is 0 Å². The van der Waals surface area contributed by atoms with Gasteiger partial charge in [0.15, 0.2) is 5.82 Å². The molecule has 0 spiro atoms. The molecule has 1 aromatic heterocycles. The second-order valence-corrected chi connectivity index (χ2v) is 4.04. The number of nitrogens with zero attached hydrogens (tertiary/aromatic N) is 6. The Hall–Kier alpha value is -1.05. The molecule has 0 bridgehead atoms. The molecule has 90 valence electrons. The normalized spacial score (nSPS) is 19.1. The van der Waals surface area contributed by atoms with Gasteiger partial charge < -0.3 is 5.11 Å². The Morgan fingerprint density at radius 2 is 1.88 bits per heavy atom. The highest BCUT2D eigenvalue weighted by Crippen LogP contribution is 2.04. The van der Waals surface area contributed by atoms with Gasteiger partial charge in [-0.3, -0.25) is 9.80 Å². The number of tetrazole rings is 1. The van der Waals surface area contributed by atoms with Crippen molar-refractivity contribution in [2.45, 2.75) is 6.54 Å². The van der Waals surface area contributed by atoms with Gasteiger partial charge in [0.2, 0.25) is 0 Å². The maximum absolute atomic E-state index is 8.84. The number of aliphatic hydroxyl groups is 1. The van der Waals surface area contributed by atoms with Gasteiger partial charge in [-0.1, -0.05) is 0 Å². The van der Waals surface area contributed by atoms with E-state index in [1.807, 2.05) is 0 Å². The summed E-state index contributed by atoms with van der Waals surface area (Å²) in [5.41, 5.74) is 0. The quantitative estimate of drug-likeness (QED) is 0.661. The lowest BCUT2D eigenvalue weighted by molar-refractivity contribution is 0.107. The van der Waals surface area contributed by atoms with Crippen molar-refractivity contribution in [3.05, 3.63) is 5.82 Å². The lowest BCUT2D eigenvalue weighted by atomic mass is 10.3. The standard InChI is InChI=1S/C9H18N6O/c1-13-11-9(10-12-13)8-15-4-2-14(3-5-15)6-7-16/h16H,2-8H2,1H3. The molecule has 0 radical (unpaired) electrons. The summed E-state index contributed by atoms with van der Waals surface area (Å²) < 4.78 is 0. The maximum atomic E-state index is 8.84. The Morgan fingerprint density at radius 1 is 1.19 bits per heavy atom. The predicted octanol–water partition coefficient (Wildman–Crippen LogP) is -1.68. The highest BCUT2D eigenvalue weighted by atomic mass is 16.3. The smallest absolute Gasteiger partial charge is 0.188 e. The third-order valence-corrected chi connectivity index (χ3v) is 2.80. The van der Waals surface area contributed by atoms with Crippen LogP contribution in [0.2, 0.25) is 0 Å². The van der Waals surface area contributed by atoms with Crippen molar-refractivity contribution in [3.8, 4) is 0 Å². The lowest BCUT2D eigenvalue weighted by Crippen LogP contribution is -2.46. The largest absolute Gasteiger partial charge is 0.395 e. The van der Waals surface area contributed by atoms with E-state index in [-0.39, 0.29) is 6.61 Å². The van der Waals surface area contributed by atoms with Crippen molar-refractivity contribution >= 4 is 0 Å². The predicted molar refractivity (Wildman–Crippen MR) is 57.6 cm³/mol. The minimum absolute atomic E-state index is 0.242. The van der Waals surface area contributed by atoms with E-state index in [1.54, 1.807) is 7.05 Å². The van der Waals surface area contributed by atoms with Crippen LogP contribution in [0.4, 0.5) is 0 Å². The molecular formula is C9H18N6O. The van der Waals surface area contributed by atoms with Crippen LogP contribution in [0, 0.1) is 0 Å². The first-order valence-electron chi connectivity index (χ1n) is 5.56. The molecule has 1 saturated heterocycles. The summed E-state index contributed by atoms with van der Waals surface area (Å²) in [5, 5.41) is 20.8. The van der Waals surface area contributed by atoms with Gasteiger partial charge in [-0.2, -0.15) is 4.80 Å². The van der Waals surface area contributed by atoms with E-state index in [2.05, 4.69) is 25.2 Å². The molecule has 1 aliphatic heterocycles. The van der Waals surface area contributed by atoms with E-state index in [9.17, 15) is 0 Å². The van der Waals surface area contributed by atoms with Crippen LogP contribution in [0.15, 0.2) is 0 Å². The molecule has 1 fully saturated rings. The van der Waals surface area contributed by atoms with Gasteiger partial charge in [-0.15, -0.1) is 10.2 Å². The third kappa shape index (κ3) is 2.97. The molecule has 2 rings (SSSR count). The zero-order chi connectivity index (χ0) is 11.4. The second kappa shape index (κ2) is 5.33. The fourth-order valence-corrected chi connectivity index (χ4v) is 1.90. The molecule has 1 aromatic rings. The van der Waals surface area contributed by atoms with Crippen molar-refractivity contribution in [1.29, 1.82) is 0 Å². The van der Waals surface area contributed by atoms with Crippen LogP contribution in [-0.2, 0) is 13.6 Å². The van der Waals surface area contributed by atoms with Crippen LogP contribution >= 0.6 is 0 Å². The van der Waals surface area contributed by atoms with Gasteiger partial charge in [0, 0.05) is 32.7 Å². The molecule has 2 heterocycles. The molecule has 7 nitrogen and oxygen atoms in total. The number of aryl methyl sites for hydroxylation is 1. The number of hydrogen-bond acceptors (Lipinski definition) is 6. The molecule has 0 aromatic carbocycles. The summed E-state index contributed by atoms with van der Waals surface area (Å²) in [6, 6.07) is 0. The van der Waals surface area contributed by atoms with Gasteiger partial charge in [-0.05, 0) is 5.21 Å². The van der Waals surface area contributed by atoms with Crippen molar-refractivity contribution in [2.24, 2.45) is 7.05 Å². The van der Waals surface area contributed by atoms with E-state index in [0.29, 0.717) is 0 Å². The van der Waals surface area contributed by atoms with Gasteiger partial charge in [0.1, 0.15) is 0 Å². The zero-order valence-electron chi connectivity index (χ0n) is 9.58. The Kier molecular flexibility index (Phi) is 3.81. The number of aromatic nitrogens is 4. The highest BCUT2D eigenvalue weighted by molar-refractivity contribution is 4.80. The number of aliphatic hydroxyl groups excluding tert-OH is 1. The molecule has 0 atom stereocenters. The Labute approximate surface area is 94.6 Å². The molecule has 7 heteroatoms. The first-order chi connectivity index (χ1) is 7.78. The van der Waals surface area contributed by atoms with Crippen molar-refractivity contribution < 1.29 is 5.11 Å². The number of hydrogen-bond donors (Lipinski definition) is 1. The van der Waals surface area contributed by atoms with E-state index >= 15 is 0 Å². The van der Waals surface area contributed by atoms with E-state index in [0.717, 1.165) is 45.1 Å². The molecule has 0 unspecified atom stereocenters. The Balaban J connectivity index is 1.77.